The Labute approximate surface area is 65.6 Å². The van der Waals surface area contributed by atoms with Crippen LogP contribution in [0.3, 0.4) is 0 Å². The smallest absolute Gasteiger partial charge is 0.111 e. The van der Waals surface area contributed by atoms with Gasteiger partial charge < -0.3 is 9.47 Å². The number of rotatable bonds is 6. The molecule has 0 aliphatic carbocycles. The van der Waals surface area contributed by atoms with Crippen molar-refractivity contribution in [2.45, 2.75) is 20.2 Å². The molecule has 0 unspecified atom stereocenters. The molecule has 0 rings (SSSR count). The SMILES string of the molecule is [2H]CCOCCO/C=C/CC[3H]. The van der Waals surface area contributed by atoms with E-state index < -0.39 is 0 Å². The van der Waals surface area contributed by atoms with Crippen molar-refractivity contribution in [3.63, 3.8) is 0 Å². The largest absolute Gasteiger partial charge is 0.499 e. The Hall–Kier alpha value is -0.500. The number of hydrogen-bond donors (Lipinski definition) is 0. The van der Waals surface area contributed by atoms with Gasteiger partial charge in [-0.25, -0.2) is 0 Å². The van der Waals surface area contributed by atoms with Crippen LogP contribution in [0, 0.1) is 0 Å². The summed E-state index contributed by atoms with van der Waals surface area (Å²) in [5.74, 6) is 0. The molecule has 0 amide bonds. The zero-order chi connectivity index (χ0) is 9.07. The fraction of sp³-hybridized carbons (Fsp3) is 0.750. The van der Waals surface area contributed by atoms with Crippen LogP contribution < -0.4 is 0 Å². The predicted octanol–water partition coefficient (Wildman–Crippen LogP) is 1.96. The molecule has 0 aliphatic rings. The Kier molecular flexibility index (Phi) is 5.29. The van der Waals surface area contributed by atoms with Crippen LogP contribution in [0.15, 0.2) is 12.3 Å². The van der Waals surface area contributed by atoms with E-state index in [1.54, 1.807) is 6.26 Å². The van der Waals surface area contributed by atoms with Crippen LogP contribution in [0.25, 0.3) is 0 Å². The lowest BCUT2D eigenvalue weighted by Gasteiger charge is -1.99. The minimum atomic E-state index is 0.300. The van der Waals surface area contributed by atoms with Crippen LogP contribution >= 0.6 is 0 Å². The third kappa shape index (κ3) is 7.50. The lowest BCUT2D eigenvalue weighted by Crippen LogP contribution is -1.99. The van der Waals surface area contributed by atoms with Crippen molar-refractivity contribution in [2.24, 2.45) is 0 Å². The molecule has 0 spiro atoms. The maximum atomic E-state index is 6.82. The summed E-state index contributed by atoms with van der Waals surface area (Å²) < 4.78 is 23.6. The molecule has 60 valence electrons. The van der Waals surface area contributed by atoms with Crippen molar-refractivity contribution in [2.75, 3.05) is 19.8 Å². The molecule has 10 heavy (non-hydrogen) atoms. The van der Waals surface area contributed by atoms with E-state index in [-0.39, 0.29) is 0 Å². The van der Waals surface area contributed by atoms with Crippen LogP contribution in [0.5, 0.6) is 0 Å². The molecule has 0 aromatic rings. The molecule has 0 fully saturated rings. The summed E-state index contributed by atoms with van der Waals surface area (Å²) in [4.78, 5) is 0. The summed E-state index contributed by atoms with van der Waals surface area (Å²) in [6, 6.07) is 0. The van der Waals surface area contributed by atoms with E-state index in [0.29, 0.717) is 33.6 Å². The summed E-state index contributed by atoms with van der Waals surface area (Å²) >= 11 is 0. The first-order valence-electron chi connectivity index (χ1n) is 4.76. The number of allylic oxidation sites excluding steroid dienone is 1. The molecule has 0 aromatic heterocycles. The van der Waals surface area contributed by atoms with Gasteiger partial charge in [0.2, 0.25) is 0 Å². The number of ether oxygens (including phenoxy) is 2. The van der Waals surface area contributed by atoms with Crippen molar-refractivity contribution in [3.8, 4) is 0 Å². The highest BCUT2D eigenvalue weighted by molar-refractivity contribution is 4.70. The first-order chi connectivity index (χ1) is 5.91. The summed E-state index contributed by atoms with van der Waals surface area (Å²) in [7, 11) is 0. The van der Waals surface area contributed by atoms with Gasteiger partial charge in [-0.2, -0.15) is 0 Å². The average Bonchev–Trinajstić information content (AvgIpc) is 2.10. The molecule has 0 aromatic carbocycles. The standard InChI is InChI=1S/C8H16O2/c1-3-5-6-10-8-7-9-4-2/h5-6H,3-4,7-8H2,1-2H3/b6-5+/i1T,2D. The Morgan fingerprint density at radius 3 is 3.50 bits per heavy atom. The van der Waals surface area contributed by atoms with Crippen LogP contribution in [0.4, 0.5) is 0 Å². The maximum Gasteiger partial charge on any atom is 0.111 e. The van der Waals surface area contributed by atoms with Crippen molar-refractivity contribution in [1.29, 1.82) is 0 Å². The van der Waals surface area contributed by atoms with Crippen molar-refractivity contribution in [3.05, 3.63) is 12.3 Å². The summed E-state index contributed by atoms with van der Waals surface area (Å²) in [5.41, 5.74) is 0. The van der Waals surface area contributed by atoms with Gasteiger partial charge in [-0.1, -0.05) is 13.0 Å². The molecule has 0 heterocycles. The van der Waals surface area contributed by atoms with Crippen LogP contribution in [-0.2, 0) is 9.47 Å². The monoisotopic (exact) mass is 147 g/mol. The van der Waals surface area contributed by atoms with Crippen LogP contribution in [-0.4, -0.2) is 19.8 Å². The minimum absolute atomic E-state index is 0.300. The molecule has 0 N–H and O–H groups in total. The molecule has 0 saturated heterocycles. The molecular weight excluding hydrogens is 128 g/mol. The second-order valence-corrected chi connectivity index (χ2v) is 1.64. The fourth-order valence-electron chi connectivity index (χ4n) is 0.413. The zero-order valence-electron chi connectivity index (χ0n) is 8.21. The van der Waals surface area contributed by atoms with Gasteiger partial charge >= 0.3 is 0 Å². The van der Waals surface area contributed by atoms with Crippen molar-refractivity contribution >= 4 is 0 Å². The second-order valence-electron chi connectivity index (χ2n) is 1.64. The Morgan fingerprint density at radius 2 is 2.70 bits per heavy atom. The van der Waals surface area contributed by atoms with E-state index in [2.05, 4.69) is 0 Å². The highest BCUT2D eigenvalue weighted by atomic mass is 16.5. The highest BCUT2D eigenvalue weighted by Crippen LogP contribution is 1.82. The molecule has 0 atom stereocenters. The topological polar surface area (TPSA) is 18.5 Å². The zero-order valence-corrected chi connectivity index (χ0v) is 6.21. The van der Waals surface area contributed by atoms with Gasteiger partial charge in [-0.05, 0) is 13.3 Å². The van der Waals surface area contributed by atoms with Gasteiger partial charge in [0.15, 0.2) is 0 Å². The van der Waals surface area contributed by atoms with Gasteiger partial charge in [0, 0.05) is 9.35 Å². The Morgan fingerprint density at radius 1 is 1.70 bits per heavy atom. The fourth-order valence-corrected chi connectivity index (χ4v) is 0.413. The van der Waals surface area contributed by atoms with Crippen LogP contribution in [0.1, 0.15) is 23.0 Å². The molecule has 2 nitrogen and oxygen atoms in total. The quantitative estimate of drug-likeness (QED) is 0.422. The maximum absolute atomic E-state index is 6.82. The lowest BCUT2D eigenvalue weighted by atomic mass is 10.5. The summed E-state index contributed by atoms with van der Waals surface area (Å²) in [6.45, 7) is 2.22. The molecule has 0 bridgehead atoms. The first-order valence-corrected chi connectivity index (χ1v) is 3.34. The van der Waals surface area contributed by atoms with E-state index in [4.69, 9.17) is 12.2 Å². The molecule has 0 radical (unpaired) electrons. The van der Waals surface area contributed by atoms with Crippen molar-refractivity contribution < 1.29 is 12.2 Å². The molecule has 2 heteroatoms. The van der Waals surface area contributed by atoms with Gasteiger partial charge in [0.05, 0.1) is 12.9 Å². The van der Waals surface area contributed by atoms with Gasteiger partial charge in [-0.15, -0.1) is 0 Å². The van der Waals surface area contributed by atoms with E-state index in [9.17, 15) is 0 Å². The van der Waals surface area contributed by atoms with E-state index in [1.807, 2.05) is 6.08 Å². The van der Waals surface area contributed by atoms with Gasteiger partial charge in [-0.3, -0.25) is 0 Å². The van der Waals surface area contributed by atoms with Gasteiger partial charge in [0.25, 0.3) is 0 Å². The third-order valence-electron chi connectivity index (χ3n) is 0.849. The minimum Gasteiger partial charge on any atom is -0.499 e. The van der Waals surface area contributed by atoms with Crippen LogP contribution in [0.2, 0.25) is 0 Å². The molecule has 0 aliphatic heterocycles. The van der Waals surface area contributed by atoms with E-state index >= 15 is 0 Å². The Bertz CT molecular complexity index is 107. The van der Waals surface area contributed by atoms with E-state index in [0.717, 1.165) is 6.42 Å². The molecular formula is C8H16O2. The predicted molar refractivity (Wildman–Crippen MR) is 41.9 cm³/mol. The van der Waals surface area contributed by atoms with Gasteiger partial charge in [0.1, 0.15) is 6.61 Å². The summed E-state index contributed by atoms with van der Waals surface area (Å²) in [6.07, 6.45) is 4.14. The second kappa shape index (κ2) is 8.50. The summed E-state index contributed by atoms with van der Waals surface area (Å²) in [5, 5.41) is 0. The lowest BCUT2D eigenvalue weighted by molar-refractivity contribution is 0.0931. The number of hydrogen-bond acceptors (Lipinski definition) is 2. The average molecular weight is 147 g/mol. The van der Waals surface area contributed by atoms with E-state index in [1.165, 1.54) is 0 Å². The third-order valence-corrected chi connectivity index (χ3v) is 0.849. The van der Waals surface area contributed by atoms with Crippen molar-refractivity contribution in [1.82, 2.24) is 0 Å². The highest BCUT2D eigenvalue weighted by Gasteiger charge is 1.80. The first kappa shape index (κ1) is 6.23. The molecule has 0 saturated carbocycles. The normalized spacial score (nSPS) is 13.2. The Balaban J connectivity index is 2.90.